The Labute approximate surface area is 265 Å². The first-order valence-electron chi connectivity index (χ1n) is 13.8. The summed E-state index contributed by atoms with van der Waals surface area (Å²) in [6.45, 7) is 2.96. The fourth-order valence-corrected chi connectivity index (χ4v) is 6.33. The number of hydrogen-bond acceptors (Lipinski definition) is 4. The van der Waals surface area contributed by atoms with Gasteiger partial charge in [0.25, 0.3) is 5.60 Å². The topological polar surface area (TPSA) is 55.8 Å². The summed E-state index contributed by atoms with van der Waals surface area (Å²) >= 11 is 0. The molecule has 0 aliphatic carbocycles. The molecule has 4 nitrogen and oxygen atoms in total. The van der Waals surface area contributed by atoms with Gasteiger partial charge in [0.15, 0.2) is 26.9 Å². The van der Waals surface area contributed by atoms with E-state index in [-0.39, 0.29) is 12.2 Å². The van der Waals surface area contributed by atoms with E-state index >= 15 is 0 Å². The number of rotatable bonds is 9. The van der Waals surface area contributed by atoms with Gasteiger partial charge in [-0.05, 0) is 80.1 Å². The molecule has 0 radical (unpaired) electrons. The number of carbonyl (C=O) groups is 1. The molecule has 4 rings (SSSR count). The second kappa shape index (κ2) is 13.9. The van der Waals surface area contributed by atoms with Gasteiger partial charge in [0.1, 0.15) is 5.75 Å². The van der Waals surface area contributed by atoms with Crippen LogP contribution < -0.4 is 4.74 Å². The number of carbonyl (C=O) groups excluding carboxylic acids is 1. The molecule has 4 aromatic rings. The fourth-order valence-electron chi connectivity index (χ4n) is 4.26. The summed E-state index contributed by atoms with van der Waals surface area (Å²) in [6, 6.07) is 30.4. The largest absolute Gasteiger partial charge is 0.482 e. The van der Waals surface area contributed by atoms with Crippen molar-refractivity contribution in [3.63, 3.8) is 0 Å². The Hall–Kier alpha value is -4.40. The van der Waals surface area contributed by atoms with Gasteiger partial charge in [-0.15, -0.1) is 0 Å². The number of aliphatic hydroxyl groups is 1. The average Bonchev–Trinajstić information content (AvgIpc) is 3.00. The lowest BCUT2D eigenvalue weighted by atomic mass is 9.93. The summed E-state index contributed by atoms with van der Waals surface area (Å²) in [5.74, 6) is 5.64. The Bertz CT molecular complexity index is 1640. The summed E-state index contributed by atoms with van der Waals surface area (Å²) in [4.78, 5) is 14.7. The maximum absolute atomic E-state index is 13.2. The predicted molar refractivity (Wildman–Crippen MR) is 161 cm³/mol. The van der Waals surface area contributed by atoms with Gasteiger partial charge in [0.05, 0.1) is 10.9 Å². The zero-order chi connectivity index (χ0) is 33.6. The Morgan fingerprint density at radius 3 is 1.72 bits per heavy atom. The first-order chi connectivity index (χ1) is 21.6. The lowest BCUT2D eigenvalue weighted by molar-refractivity contribution is -0.367. The van der Waals surface area contributed by atoms with Crippen LogP contribution in [0.25, 0.3) is 0 Å². The lowest BCUT2D eigenvalue weighted by Gasteiger charge is -2.32. The first kappa shape index (κ1) is 34.5. The van der Waals surface area contributed by atoms with Crippen molar-refractivity contribution in [1.29, 1.82) is 0 Å². The molecule has 46 heavy (non-hydrogen) atoms. The number of alkyl halides is 6. The molecule has 11 heteroatoms. The van der Waals surface area contributed by atoms with E-state index in [1.165, 1.54) is 12.1 Å². The van der Waals surface area contributed by atoms with Gasteiger partial charge in [-0.1, -0.05) is 60.4 Å². The Morgan fingerprint density at radius 1 is 0.717 bits per heavy atom. The van der Waals surface area contributed by atoms with Crippen molar-refractivity contribution >= 4 is 16.9 Å². The number of hydrogen-bond donors (Lipinski definition) is 1. The molecule has 1 unspecified atom stereocenters. The molecule has 0 saturated carbocycles. The molecule has 0 aliphatic rings. The van der Waals surface area contributed by atoms with Gasteiger partial charge < -0.3 is 14.6 Å². The van der Waals surface area contributed by atoms with Crippen LogP contribution in [0.5, 0.6) is 5.75 Å². The monoisotopic (exact) mass is 659 g/mol. The van der Waals surface area contributed by atoms with Crippen molar-refractivity contribution in [2.75, 3.05) is 6.61 Å². The molecule has 0 heterocycles. The Morgan fingerprint density at radius 2 is 1.20 bits per heavy atom. The third-order valence-corrected chi connectivity index (χ3v) is 8.83. The lowest BCUT2D eigenvalue weighted by Crippen LogP contribution is -2.58. The van der Waals surface area contributed by atoms with Crippen molar-refractivity contribution in [3.8, 4) is 17.6 Å². The molecule has 0 fully saturated rings. The van der Waals surface area contributed by atoms with E-state index in [9.17, 15) is 36.2 Å². The quantitative estimate of drug-likeness (QED) is 0.0859. The number of esters is 1. The minimum absolute atomic E-state index is 0.331. The third-order valence-electron chi connectivity index (χ3n) is 6.60. The molecular weight excluding hydrogens is 630 g/mol. The highest BCUT2D eigenvalue weighted by Gasteiger charge is 2.70. The van der Waals surface area contributed by atoms with E-state index in [1.54, 1.807) is 38.1 Å². The minimum atomic E-state index is -5.91. The van der Waals surface area contributed by atoms with E-state index in [2.05, 4.69) is 11.8 Å². The summed E-state index contributed by atoms with van der Waals surface area (Å²) in [6.07, 6.45) is -13.5. The fraction of sp³-hybridized carbons (Fsp3) is 0.229. The second-order valence-corrected chi connectivity index (χ2v) is 12.7. The van der Waals surface area contributed by atoms with Gasteiger partial charge in [-0.25, -0.2) is 4.79 Å². The molecular formula is C35H29F6O4S+. The summed E-state index contributed by atoms with van der Waals surface area (Å²) in [5, 5.41) is 9.60. The second-order valence-electron chi connectivity index (χ2n) is 10.7. The molecule has 4 aromatic carbocycles. The van der Waals surface area contributed by atoms with E-state index in [0.717, 1.165) is 27.5 Å². The van der Waals surface area contributed by atoms with Crippen molar-refractivity contribution in [3.05, 3.63) is 120 Å². The minimum Gasteiger partial charge on any atom is -0.482 e. The van der Waals surface area contributed by atoms with Gasteiger partial charge >= 0.3 is 18.3 Å². The zero-order valence-electron chi connectivity index (χ0n) is 24.7. The first-order valence-corrected chi connectivity index (χ1v) is 15.1. The molecule has 0 saturated heterocycles. The van der Waals surface area contributed by atoms with Gasteiger partial charge in [0, 0.05) is 12.0 Å². The van der Waals surface area contributed by atoms with Crippen molar-refractivity contribution in [2.45, 2.75) is 58.5 Å². The highest BCUT2D eigenvalue weighted by atomic mass is 32.2. The molecule has 0 amide bonds. The normalized spacial score (nSPS) is 12.9. The molecule has 0 spiro atoms. The summed E-state index contributed by atoms with van der Waals surface area (Å²) in [5.41, 5.74) is -5.49. The average molecular weight is 660 g/mol. The predicted octanol–water partition coefficient (Wildman–Crippen LogP) is 7.93. The van der Waals surface area contributed by atoms with E-state index in [1.807, 2.05) is 60.7 Å². The number of halogens is 6. The van der Waals surface area contributed by atoms with Crippen molar-refractivity contribution in [1.82, 2.24) is 0 Å². The van der Waals surface area contributed by atoms with Gasteiger partial charge in [0.2, 0.25) is 0 Å². The van der Waals surface area contributed by atoms with Crippen molar-refractivity contribution < 1.29 is 45.7 Å². The van der Waals surface area contributed by atoms with Crippen LogP contribution in [0.15, 0.2) is 124 Å². The van der Waals surface area contributed by atoms with Crippen LogP contribution in [0, 0.1) is 11.8 Å². The molecule has 0 aliphatic heterocycles. The summed E-state index contributed by atoms with van der Waals surface area (Å²) < 4.78 is 90.4. The Balaban J connectivity index is 1.48. The maximum Gasteiger partial charge on any atom is 0.426 e. The van der Waals surface area contributed by atoms with E-state index in [4.69, 9.17) is 9.47 Å². The van der Waals surface area contributed by atoms with Crippen LogP contribution in [-0.2, 0) is 26.8 Å². The Kier molecular flexibility index (Phi) is 10.4. The van der Waals surface area contributed by atoms with E-state index < -0.39 is 46.8 Å². The van der Waals surface area contributed by atoms with Crippen LogP contribution in [-0.4, -0.2) is 41.2 Å². The highest BCUT2D eigenvalue weighted by molar-refractivity contribution is 7.97. The van der Waals surface area contributed by atoms with Crippen LogP contribution in [0.4, 0.5) is 26.3 Å². The molecule has 240 valence electrons. The van der Waals surface area contributed by atoms with Crippen LogP contribution in [0.2, 0.25) is 0 Å². The highest BCUT2D eigenvalue weighted by Crippen LogP contribution is 2.45. The summed E-state index contributed by atoms with van der Waals surface area (Å²) in [7, 11) is -0.802. The number of ether oxygens (including phenoxy) is 2. The van der Waals surface area contributed by atoms with Gasteiger partial charge in [-0.2, -0.15) is 26.3 Å². The molecule has 0 bridgehead atoms. The zero-order valence-corrected chi connectivity index (χ0v) is 25.5. The van der Waals surface area contributed by atoms with Crippen LogP contribution in [0.3, 0.4) is 0 Å². The van der Waals surface area contributed by atoms with Crippen LogP contribution in [0.1, 0.15) is 25.0 Å². The SMILES string of the molecule is CC(C)(C#Cc1ccccc1)OC(=O)COc1ccc([S+](c2ccccc2)c2ccc(CC(O)(C(F)(F)F)C(F)(F)F)cc2)cc1. The van der Waals surface area contributed by atoms with Crippen molar-refractivity contribution in [2.24, 2.45) is 0 Å². The third kappa shape index (κ3) is 8.65. The van der Waals surface area contributed by atoms with Gasteiger partial charge in [-0.3, -0.25) is 0 Å². The van der Waals surface area contributed by atoms with E-state index in [0.29, 0.717) is 10.6 Å². The molecule has 0 aromatic heterocycles. The smallest absolute Gasteiger partial charge is 0.426 e. The maximum atomic E-state index is 13.2. The molecule has 1 atom stereocenters. The standard InChI is InChI=1S/C35H29F6O4S/c1-32(2,22-21-25-9-5-3-6-10-25)45-31(42)24-44-27-15-19-30(20-16-27)46(28-11-7-4-8-12-28)29-17-13-26(14-18-29)23-33(43,34(36,37)38)35(39,40)41/h3-20,43H,23-24H2,1-2H3/q+1. The van der Waals surface area contributed by atoms with Crippen LogP contribution >= 0.6 is 0 Å². The molecule has 1 N–H and O–H groups in total. The number of benzene rings is 4.